The van der Waals surface area contributed by atoms with Crippen LogP contribution in [0.5, 0.6) is 5.75 Å². The normalized spacial score (nSPS) is 19.3. The lowest BCUT2D eigenvalue weighted by atomic mass is 9.80. The number of benzene rings is 2. The van der Waals surface area contributed by atoms with Crippen LogP contribution in [0.15, 0.2) is 42.5 Å². The average molecular weight is 403 g/mol. The van der Waals surface area contributed by atoms with Gasteiger partial charge in [-0.2, -0.15) is 0 Å². The highest BCUT2D eigenvalue weighted by Crippen LogP contribution is 2.31. The Morgan fingerprint density at radius 3 is 2.38 bits per heavy atom. The van der Waals surface area contributed by atoms with E-state index in [-0.39, 0.29) is 11.6 Å². The summed E-state index contributed by atoms with van der Waals surface area (Å²) in [6.07, 6.45) is 8.64. The molecule has 4 heteroatoms. The number of ether oxygens (including phenoxy) is 2. The quantitative estimate of drug-likeness (QED) is 0.397. The lowest BCUT2D eigenvalue weighted by Gasteiger charge is -2.28. The van der Waals surface area contributed by atoms with Crippen molar-refractivity contribution >= 4 is 0 Å². The standard InChI is InChI=1S/C25H32F2O2/c1-2-5-19-8-10-20(11-9-19)18-28-14-4-15-29-25-13-12-22(17-24(25)27)21-6-3-7-23(26)16-21/h3,6-7,12-13,16-17,19-20H,2,4-5,8-11,14-15,18H2,1H3/t19-,20-. The molecule has 0 radical (unpaired) electrons. The van der Waals surface area contributed by atoms with Gasteiger partial charge in [0.05, 0.1) is 6.61 Å². The van der Waals surface area contributed by atoms with Gasteiger partial charge >= 0.3 is 0 Å². The molecule has 1 aliphatic rings. The third kappa shape index (κ3) is 6.81. The van der Waals surface area contributed by atoms with Gasteiger partial charge in [0.2, 0.25) is 0 Å². The zero-order valence-corrected chi connectivity index (χ0v) is 17.3. The van der Waals surface area contributed by atoms with E-state index in [0.29, 0.717) is 30.3 Å². The Labute approximate surface area is 173 Å². The van der Waals surface area contributed by atoms with Gasteiger partial charge in [-0.15, -0.1) is 0 Å². The van der Waals surface area contributed by atoms with E-state index < -0.39 is 5.82 Å². The van der Waals surface area contributed by atoms with Gasteiger partial charge in [0.1, 0.15) is 5.82 Å². The molecule has 0 unspecified atom stereocenters. The highest BCUT2D eigenvalue weighted by atomic mass is 19.1. The molecule has 0 heterocycles. The summed E-state index contributed by atoms with van der Waals surface area (Å²) in [6, 6.07) is 10.9. The molecule has 2 nitrogen and oxygen atoms in total. The first-order valence-corrected chi connectivity index (χ1v) is 10.9. The molecule has 0 saturated heterocycles. The van der Waals surface area contributed by atoms with Gasteiger partial charge < -0.3 is 9.47 Å². The van der Waals surface area contributed by atoms with Gasteiger partial charge in [0.15, 0.2) is 11.6 Å². The van der Waals surface area contributed by atoms with Crippen LogP contribution in [0.3, 0.4) is 0 Å². The fourth-order valence-electron chi connectivity index (χ4n) is 4.15. The molecule has 1 saturated carbocycles. The van der Waals surface area contributed by atoms with E-state index in [1.165, 1.54) is 56.7 Å². The average Bonchev–Trinajstić information content (AvgIpc) is 2.73. The fraction of sp³-hybridized carbons (Fsp3) is 0.520. The summed E-state index contributed by atoms with van der Waals surface area (Å²) in [4.78, 5) is 0. The molecule has 0 aromatic heterocycles. The maximum absolute atomic E-state index is 14.3. The van der Waals surface area contributed by atoms with E-state index >= 15 is 0 Å². The van der Waals surface area contributed by atoms with Crippen LogP contribution >= 0.6 is 0 Å². The molecule has 0 amide bonds. The monoisotopic (exact) mass is 402 g/mol. The lowest BCUT2D eigenvalue weighted by molar-refractivity contribution is 0.0690. The first-order chi connectivity index (χ1) is 14.2. The van der Waals surface area contributed by atoms with Crippen molar-refractivity contribution in [1.82, 2.24) is 0 Å². The third-order valence-electron chi connectivity index (χ3n) is 5.80. The minimum atomic E-state index is -0.434. The molecular weight excluding hydrogens is 370 g/mol. The molecule has 0 spiro atoms. The highest BCUT2D eigenvalue weighted by molar-refractivity contribution is 5.64. The zero-order chi connectivity index (χ0) is 20.5. The van der Waals surface area contributed by atoms with Crippen LogP contribution in [-0.4, -0.2) is 19.8 Å². The molecule has 158 valence electrons. The molecule has 0 atom stereocenters. The van der Waals surface area contributed by atoms with Crippen molar-refractivity contribution < 1.29 is 18.3 Å². The summed E-state index contributed by atoms with van der Waals surface area (Å²) >= 11 is 0. The third-order valence-corrected chi connectivity index (χ3v) is 5.80. The van der Waals surface area contributed by atoms with Crippen molar-refractivity contribution in [1.29, 1.82) is 0 Å². The van der Waals surface area contributed by atoms with E-state index in [0.717, 1.165) is 18.9 Å². The van der Waals surface area contributed by atoms with Crippen molar-refractivity contribution in [3.63, 3.8) is 0 Å². The highest BCUT2D eigenvalue weighted by Gasteiger charge is 2.20. The first kappa shape index (κ1) is 21.8. The van der Waals surface area contributed by atoms with Crippen LogP contribution in [0, 0.1) is 23.5 Å². The van der Waals surface area contributed by atoms with Gasteiger partial charge in [-0.3, -0.25) is 0 Å². The molecule has 0 N–H and O–H groups in total. The Kier molecular flexibility index (Phi) is 8.48. The van der Waals surface area contributed by atoms with Crippen molar-refractivity contribution in [2.45, 2.75) is 51.9 Å². The number of rotatable bonds is 10. The second-order valence-corrected chi connectivity index (χ2v) is 8.11. The Balaban J connectivity index is 1.34. The lowest BCUT2D eigenvalue weighted by Crippen LogP contribution is -2.19. The summed E-state index contributed by atoms with van der Waals surface area (Å²) in [5, 5.41) is 0. The van der Waals surface area contributed by atoms with Crippen molar-refractivity contribution in [3.8, 4) is 16.9 Å². The zero-order valence-electron chi connectivity index (χ0n) is 17.3. The molecule has 29 heavy (non-hydrogen) atoms. The predicted molar refractivity (Wildman–Crippen MR) is 113 cm³/mol. The van der Waals surface area contributed by atoms with Gasteiger partial charge in [0, 0.05) is 19.6 Å². The van der Waals surface area contributed by atoms with Crippen molar-refractivity contribution in [2.75, 3.05) is 19.8 Å². The van der Waals surface area contributed by atoms with E-state index in [9.17, 15) is 8.78 Å². The van der Waals surface area contributed by atoms with E-state index in [1.54, 1.807) is 24.3 Å². The van der Waals surface area contributed by atoms with Crippen LogP contribution in [0.2, 0.25) is 0 Å². The molecule has 1 fully saturated rings. The second kappa shape index (κ2) is 11.3. The van der Waals surface area contributed by atoms with Crippen LogP contribution in [0.1, 0.15) is 51.9 Å². The van der Waals surface area contributed by atoms with Crippen LogP contribution in [-0.2, 0) is 4.74 Å². The predicted octanol–water partition coefficient (Wildman–Crippen LogP) is 7.02. The summed E-state index contributed by atoms with van der Waals surface area (Å²) in [7, 11) is 0. The summed E-state index contributed by atoms with van der Waals surface area (Å²) in [5.74, 6) is 1.07. The smallest absolute Gasteiger partial charge is 0.165 e. The van der Waals surface area contributed by atoms with E-state index in [2.05, 4.69) is 6.92 Å². The molecule has 0 bridgehead atoms. The van der Waals surface area contributed by atoms with Crippen molar-refractivity contribution in [3.05, 3.63) is 54.1 Å². The molecule has 2 aromatic carbocycles. The molecule has 3 rings (SSSR count). The number of hydrogen-bond acceptors (Lipinski definition) is 2. The van der Waals surface area contributed by atoms with Crippen molar-refractivity contribution in [2.24, 2.45) is 11.8 Å². The Morgan fingerprint density at radius 2 is 1.66 bits per heavy atom. The first-order valence-electron chi connectivity index (χ1n) is 10.9. The summed E-state index contributed by atoms with van der Waals surface area (Å²) < 4.78 is 39.0. The van der Waals surface area contributed by atoms with Crippen LogP contribution < -0.4 is 4.74 Å². The minimum Gasteiger partial charge on any atom is -0.490 e. The Hall–Kier alpha value is -1.94. The summed E-state index contributed by atoms with van der Waals surface area (Å²) in [6.45, 7) is 4.15. The topological polar surface area (TPSA) is 18.5 Å². The minimum absolute atomic E-state index is 0.222. The van der Waals surface area contributed by atoms with Crippen LogP contribution in [0.4, 0.5) is 8.78 Å². The number of halogens is 2. The van der Waals surface area contributed by atoms with Gasteiger partial charge in [-0.05, 0) is 60.1 Å². The Morgan fingerprint density at radius 1 is 0.897 bits per heavy atom. The van der Waals surface area contributed by atoms with Gasteiger partial charge in [0.25, 0.3) is 0 Å². The van der Waals surface area contributed by atoms with Gasteiger partial charge in [-0.1, -0.05) is 50.8 Å². The molecule has 2 aromatic rings. The van der Waals surface area contributed by atoms with Crippen LogP contribution in [0.25, 0.3) is 11.1 Å². The maximum Gasteiger partial charge on any atom is 0.165 e. The largest absolute Gasteiger partial charge is 0.490 e. The Bertz CT molecular complexity index is 754. The van der Waals surface area contributed by atoms with E-state index in [1.807, 2.05) is 0 Å². The molecule has 1 aliphatic carbocycles. The van der Waals surface area contributed by atoms with E-state index in [4.69, 9.17) is 9.47 Å². The summed E-state index contributed by atoms with van der Waals surface area (Å²) in [5.41, 5.74) is 1.28. The van der Waals surface area contributed by atoms with Gasteiger partial charge in [-0.25, -0.2) is 8.78 Å². The molecule has 0 aliphatic heterocycles. The maximum atomic E-state index is 14.3. The SMILES string of the molecule is CCC[C@H]1CC[C@H](COCCCOc2ccc(-c3cccc(F)c3)cc2F)CC1. The fourth-order valence-corrected chi connectivity index (χ4v) is 4.15. The number of hydrogen-bond donors (Lipinski definition) is 0. The second-order valence-electron chi connectivity index (χ2n) is 8.11. The molecular formula is C25H32F2O2.